The van der Waals surface area contributed by atoms with Crippen molar-refractivity contribution in [1.29, 1.82) is 5.26 Å². The molecule has 0 radical (unpaired) electrons. The molecule has 0 atom stereocenters. The van der Waals surface area contributed by atoms with Crippen molar-refractivity contribution in [2.24, 2.45) is 7.05 Å². The van der Waals surface area contributed by atoms with Gasteiger partial charge in [-0.05, 0) is 46.7 Å². The minimum absolute atomic E-state index is 0.117. The molecule has 3 aromatic carbocycles. The van der Waals surface area contributed by atoms with Gasteiger partial charge in [0.2, 0.25) is 0 Å². The van der Waals surface area contributed by atoms with E-state index < -0.39 is 0 Å². The zero-order valence-corrected chi connectivity index (χ0v) is 17.6. The second-order valence-electron chi connectivity index (χ2n) is 8.14. The fourth-order valence-corrected chi connectivity index (χ4v) is 4.48. The summed E-state index contributed by atoms with van der Waals surface area (Å²) in [6, 6.07) is 24.5. The van der Waals surface area contributed by atoms with E-state index in [9.17, 15) is 9.59 Å². The van der Waals surface area contributed by atoms with Crippen molar-refractivity contribution >= 4 is 39.5 Å². The standard InChI is InChI=1S/C28H16N2O3/c1-30-24(17-8-6-16(15-29)7-9-17)14-26-25(30)13-20(33-26)12-23-27(31)21-10-18-4-2-3-5-19(18)11-22(21)28(23)32/h2-14H,1H3. The number of nitrogens with zero attached hydrogens (tertiary/aromatic N) is 2. The molecule has 5 aromatic rings. The van der Waals surface area contributed by atoms with Crippen LogP contribution in [0.15, 0.2) is 82.8 Å². The lowest BCUT2D eigenvalue weighted by Gasteiger charge is -2.03. The molecule has 0 saturated carbocycles. The molecule has 33 heavy (non-hydrogen) atoms. The number of aromatic nitrogens is 1. The van der Waals surface area contributed by atoms with E-state index in [4.69, 9.17) is 9.68 Å². The molecule has 0 unspecified atom stereocenters. The van der Waals surface area contributed by atoms with Crippen LogP contribution < -0.4 is 0 Å². The number of hydrogen-bond acceptors (Lipinski definition) is 4. The van der Waals surface area contributed by atoms with Crippen molar-refractivity contribution in [1.82, 2.24) is 4.57 Å². The highest BCUT2D eigenvalue weighted by Gasteiger charge is 2.33. The third-order valence-corrected chi connectivity index (χ3v) is 6.21. The van der Waals surface area contributed by atoms with Crippen molar-refractivity contribution < 1.29 is 14.0 Å². The van der Waals surface area contributed by atoms with Crippen molar-refractivity contribution in [2.75, 3.05) is 0 Å². The maximum absolute atomic E-state index is 13.0. The van der Waals surface area contributed by atoms with E-state index in [0.29, 0.717) is 28.0 Å². The van der Waals surface area contributed by atoms with Crippen molar-refractivity contribution in [3.63, 3.8) is 0 Å². The Morgan fingerprint density at radius 1 is 0.879 bits per heavy atom. The first-order valence-electron chi connectivity index (χ1n) is 10.5. The highest BCUT2D eigenvalue weighted by atomic mass is 16.3. The first-order chi connectivity index (χ1) is 16.0. The lowest BCUT2D eigenvalue weighted by atomic mass is 10.0. The van der Waals surface area contributed by atoms with Gasteiger partial charge >= 0.3 is 0 Å². The van der Waals surface area contributed by atoms with Gasteiger partial charge in [-0.1, -0.05) is 36.4 Å². The van der Waals surface area contributed by atoms with Crippen LogP contribution in [-0.4, -0.2) is 16.1 Å². The van der Waals surface area contributed by atoms with Crippen LogP contribution in [0.1, 0.15) is 32.0 Å². The Labute approximate surface area is 188 Å². The number of benzene rings is 3. The lowest BCUT2D eigenvalue weighted by Crippen LogP contribution is -1.99. The van der Waals surface area contributed by atoms with Crippen molar-refractivity contribution in [3.8, 4) is 17.3 Å². The molecule has 0 spiro atoms. The van der Waals surface area contributed by atoms with E-state index in [0.717, 1.165) is 27.5 Å². The molecule has 6 rings (SSSR count). The molecule has 0 N–H and O–H groups in total. The number of allylic oxidation sites excluding steroid dienone is 1. The Hall–Kier alpha value is -4.69. The smallest absolute Gasteiger partial charge is 0.197 e. The minimum Gasteiger partial charge on any atom is -0.455 e. The highest BCUT2D eigenvalue weighted by molar-refractivity contribution is 6.42. The molecule has 0 saturated heterocycles. The summed E-state index contributed by atoms with van der Waals surface area (Å²) in [5.74, 6) is -0.102. The van der Waals surface area contributed by atoms with E-state index in [-0.39, 0.29) is 17.1 Å². The summed E-state index contributed by atoms with van der Waals surface area (Å²) in [6.07, 6.45) is 1.54. The zero-order valence-electron chi connectivity index (χ0n) is 17.6. The molecular weight excluding hydrogens is 412 g/mol. The summed E-state index contributed by atoms with van der Waals surface area (Å²) in [4.78, 5) is 26.0. The maximum Gasteiger partial charge on any atom is 0.197 e. The summed E-state index contributed by atoms with van der Waals surface area (Å²) in [6.45, 7) is 0. The molecular formula is C28H16N2O3. The molecule has 2 heterocycles. The first kappa shape index (κ1) is 19.0. The van der Waals surface area contributed by atoms with Crippen LogP contribution in [0.2, 0.25) is 0 Å². The van der Waals surface area contributed by atoms with Crippen molar-refractivity contribution in [3.05, 3.63) is 101 Å². The molecule has 0 fully saturated rings. The Balaban J connectivity index is 1.39. The number of carbonyl (C=O) groups is 2. The topological polar surface area (TPSA) is 76.0 Å². The Morgan fingerprint density at radius 2 is 1.52 bits per heavy atom. The van der Waals surface area contributed by atoms with Crippen LogP contribution in [0.3, 0.4) is 0 Å². The normalized spacial score (nSPS) is 13.0. The molecule has 0 amide bonds. The van der Waals surface area contributed by atoms with Crippen LogP contribution in [0.5, 0.6) is 0 Å². The quantitative estimate of drug-likeness (QED) is 0.258. The summed E-state index contributed by atoms with van der Waals surface area (Å²) in [5.41, 5.74) is 5.00. The minimum atomic E-state index is -0.278. The van der Waals surface area contributed by atoms with Gasteiger partial charge in [-0.15, -0.1) is 0 Å². The van der Waals surface area contributed by atoms with Gasteiger partial charge in [-0.25, -0.2) is 0 Å². The Bertz CT molecular complexity index is 1650. The van der Waals surface area contributed by atoms with E-state index in [1.807, 2.05) is 60.1 Å². The third kappa shape index (κ3) is 2.85. The summed E-state index contributed by atoms with van der Waals surface area (Å²) >= 11 is 0. The van der Waals surface area contributed by atoms with Crippen LogP contribution in [0.25, 0.3) is 39.2 Å². The van der Waals surface area contributed by atoms with Crippen LogP contribution in [0, 0.1) is 11.3 Å². The zero-order chi connectivity index (χ0) is 22.7. The van der Waals surface area contributed by atoms with E-state index in [2.05, 4.69) is 6.07 Å². The monoisotopic (exact) mass is 428 g/mol. The second-order valence-corrected chi connectivity index (χ2v) is 8.14. The fraction of sp³-hybridized carbons (Fsp3) is 0.0357. The van der Waals surface area contributed by atoms with Gasteiger partial charge in [0, 0.05) is 30.3 Å². The third-order valence-electron chi connectivity index (χ3n) is 6.21. The number of ketones is 2. The predicted octanol–water partition coefficient (Wildman–Crippen LogP) is 5.93. The average Bonchev–Trinajstić information content (AvgIpc) is 3.45. The van der Waals surface area contributed by atoms with Crippen LogP contribution >= 0.6 is 0 Å². The number of furan rings is 1. The number of nitriles is 1. The predicted molar refractivity (Wildman–Crippen MR) is 126 cm³/mol. The molecule has 0 bridgehead atoms. The van der Waals surface area contributed by atoms with Gasteiger partial charge in [-0.2, -0.15) is 5.26 Å². The van der Waals surface area contributed by atoms with Gasteiger partial charge < -0.3 is 8.98 Å². The summed E-state index contributed by atoms with van der Waals surface area (Å²) in [7, 11) is 1.93. The maximum atomic E-state index is 13.0. The highest BCUT2D eigenvalue weighted by Crippen LogP contribution is 2.34. The van der Waals surface area contributed by atoms with Gasteiger partial charge in [0.25, 0.3) is 0 Å². The lowest BCUT2D eigenvalue weighted by molar-refractivity contribution is 0.0990. The van der Waals surface area contributed by atoms with Crippen LogP contribution in [-0.2, 0) is 7.05 Å². The van der Waals surface area contributed by atoms with Gasteiger partial charge in [0.1, 0.15) is 5.76 Å². The number of aryl methyl sites for hydroxylation is 1. The Morgan fingerprint density at radius 3 is 2.09 bits per heavy atom. The molecule has 5 nitrogen and oxygen atoms in total. The van der Waals surface area contributed by atoms with E-state index >= 15 is 0 Å². The van der Waals surface area contributed by atoms with Gasteiger partial charge in [0.15, 0.2) is 17.1 Å². The number of hydrogen-bond donors (Lipinski definition) is 0. The summed E-state index contributed by atoms with van der Waals surface area (Å²) in [5, 5.41) is 10.9. The molecule has 156 valence electrons. The molecule has 5 heteroatoms. The van der Waals surface area contributed by atoms with Crippen LogP contribution in [0.4, 0.5) is 0 Å². The molecule has 1 aliphatic rings. The number of fused-ring (bicyclic) bond motifs is 3. The number of carbonyl (C=O) groups excluding carboxylic acids is 2. The summed E-state index contributed by atoms with van der Waals surface area (Å²) < 4.78 is 7.96. The van der Waals surface area contributed by atoms with E-state index in [1.165, 1.54) is 6.08 Å². The fourth-order valence-electron chi connectivity index (χ4n) is 4.48. The Kier molecular flexibility index (Phi) is 3.98. The molecule has 0 aliphatic heterocycles. The van der Waals surface area contributed by atoms with Crippen molar-refractivity contribution in [2.45, 2.75) is 0 Å². The molecule has 2 aromatic heterocycles. The molecule has 1 aliphatic carbocycles. The number of rotatable bonds is 2. The van der Waals surface area contributed by atoms with E-state index in [1.54, 1.807) is 24.3 Å². The van der Waals surface area contributed by atoms with Gasteiger partial charge in [-0.3, -0.25) is 9.59 Å². The second kappa shape index (κ2) is 6.91. The largest absolute Gasteiger partial charge is 0.455 e. The SMILES string of the molecule is Cn1c(-c2ccc(C#N)cc2)cc2oc(C=C3C(=O)c4cc5ccccc5cc4C3=O)cc21. The first-order valence-corrected chi connectivity index (χ1v) is 10.5. The average molecular weight is 428 g/mol. The van der Waals surface area contributed by atoms with Gasteiger partial charge in [0.05, 0.1) is 28.4 Å². The number of Topliss-reactive ketones (excluding diaryl/α,β-unsaturated/α-hetero) is 2.